The van der Waals surface area contributed by atoms with Gasteiger partial charge in [-0.05, 0) is 25.0 Å². The van der Waals surface area contributed by atoms with Crippen molar-refractivity contribution in [3.05, 3.63) is 29.3 Å². The molecule has 0 aliphatic heterocycles. The van der Waals surface area contributed by atoms with Gasteiger partial charge in [0.05, 0.1) is 18.9 Å². The van der Waals surface area contributed by atoms with Gasteiger partial charge >= 0.3 is 0 Å². The summed E-state index contributed by atoms with van der Waals surface area (Å²) in [6, 6.07) is 2.36. The molecule has 0 unspecified atom stereocenters. The molecule has 0 spiro atoms. The van der Waals surface area contributed by atoms with Crippen molar-refractivity contribution in [2.45, 2.75) is 13.3 Å². The van der Waals surface area contributed by atoms with E-state index in [1.807, 2.05) is 0 Å². The first kappa shape index (κ1) is 14.9. The minimum atomic E-state index is -0.436. The van der Waals surface area contributed by atoms with Crippen LogP contribution in [0.25, 0.3) is 0 Å². The molecule has 0 bridgehead atoms. The van der Waals surface area contributed by atoms with E-state index in [0.29, 0.717) is 31.9 Å². The van der Waals surface area contributed by atoms with Crippen LogP contribution in [0.2, 0.25) is 0 Å². The number of anilines is 1. The number of halogens is 2. The van der Waals surface area contributed by atoms with E-state index in [9.17, 15) is 8.78 Å². The molecule has 0 amide bonds. The van der Waals surface area contributed by atoms with Gasteiger partial charge in [0.15, 0.2) is 0 Å². The normalized spacial score (nSPS) is 10.7. The molecule has 3 nitrogen and oxygen atoms in total. The SMILES string of the molecule is COCCOCCCNc1cc(F)c(C)cc1F. The number of hydrogen-bond acceptors (Lipinski definition) is 3. The van der Waals surface area contributed by atoms with Crippen LogP contribution >= 0.6 is 0 Å². The maximum Gasteiger partial charge on any atom is 0.146 e. The Hall–Kier alpha value is -1.20. The van der Waals surface area contributed by atoms with Crippen LogP contribution in [0.1, 0.15) is 12.0 Å². The van der Waals surface area contributed by atoms with E-state index in [1.165, 1.54) is 19.1 Å². The van der Waals surface area contributed by atoms with E-state index in [-0.39, 0.29) is 5.69 Å². The topological polar surface area (TPSA) is 30.5 Å². The zero-order valence-corrected chi connectivity index (χ0v) is 10.8. The summed E-state index contributed by atoms with van der Waals surface area (Å²) in [4.78, 5) is 0. The van der Waals surface area contributed by atoms with Crippen molar-refractivity contribution in [2.24, 2.45) is 0 Å². The van der Waals surface area contributed by atoms with Gasteiger partial charge in [-0.1, -0.05) is 0 Å². The first-order valence-electron chi connectivity index (χ1n) is 5.91. The molecule has 1 aromatic carbocycles. The zero-order valence-electron chi connectivity index (χ0n) is 10.8. The van der Waals surface area contributed by atoms with Crippen molar-refractivity contribution in [1.82, 2.24) is 0 Å². The van der Waals surface area contributed by atoms with E-state index < -0.39 is 11.6 Å². The van der Waals surface area contributed by atoms with Gasteiger partial charge in [0.1, 0.15) is 11.6 Å². The van der Waals surface area contributed by atoms with Crippen LogP contribution in [-0.2, 0) is 9.47 Å². The number of benzene rings is 1. The summed E-state index contributed by atoms with van der Waals surface area (Å²) in [6.45, 7) is 3.74. The maximum absolute atomic E-state index is 13.4. The predicted molar refractivity (Wildman–Crippen MR) is 66.9 cm³/mol. The quantitative estimate of drug-likeness (QED) is 0.728. The highest BCUT2D eigenvalue weighted by molar-refractivity contribution is 5.46. The van der Waals surface area contributed by atoms with Crippen LogP contribution in [0.3, 0.4) is 0 Å². The van der Waals surface area contributed by atoms with Gasteiger partial charge in [-0.2, -0.15) is 0 Å². The van der Waals surface area contributed by atoms with Crippen LogP contribution in [0.4, 0.5) is 14.5 Å². The third-order valence-electron chi connectivity index (χ3n) is 2.46. The highest BCUT2D eigenvalue weighted by atomic mass is 19.1. The van der Waals surface area contributed by atoms with Crippen LogP contribution in [-0.4, -0.2) is 33.5 Å². The lowest BCUT2D eigenvalue weighted by atomic mass is 10.2. The minimum Gasteiger partial charge on any atom is -0.383 e. The summed E-state index contributed by atoms with van der Waals surface area (Å²) in [6.07, 6.45) is 0.721. The standard InChI is InChI=1S/C13H19F2NO2/c1-10-8-12(15)13(9-11(10)14)16-4-3-5-18-7-6-17-2/h8-9,16H,3-7H2,1-2H3. The van der Waals surface area contributed by atoms with Gasteiger partial charge in [-0.3, -0.25) is 0 Å². The molecule has 102 valence electrons. The monoisotopic (exact) mass is 259 g/mol. The van der Waals surface area contributed by atoms with Crippen LogP contribution < -0.4 is 5.32 Å². The molecule has 1 rings (SSSR count). The van der Waals surface area contributed by atoms with Crippen molar-refractivity contribution in [2.75, 3.05) is 38.8 Å². The average Bonchev–Trinajstić information content (AvgIpc) is 2.34. The van der Waals surface area contributed by atoms with Gasteiger partial charge in [0.2, 0.25) is 0 Å². The van der Waals surface area contributed by atoms with E-state index >= 15 is 0 Å². The number of methoxy groups -OCH3 is 1. The van der Waals surface area contributed by atoms with Crippen molar-refractivity contribution >= 4 is 5.69 Å². The van der Waals surface area contributed by atoms with Crippen molar-refractivity contribution in [3.8, 4) is 0 Å². The second-order valence-electron chi connectivity index (χ2n) is 3.97. The molecular weight excluding hydrogens is 240 g/mol. The molecule has 0 aromatic heterocycles. The van der Waals surface area contributed by atoms with Crippen LogP contribution in [0.5, 0.6) is 0 Å². The molecule has 0 radical (unpaired) electrons. The van der Waals surface area contributed by atoms with Crippen LogP contribution in [0.15, 0.2) is 12.1 Å². The highest BCUT2D eigenvalue weighted by Crippen LogP contribution is 2.18. The van der Waals surface area contributed by atoms with E-state index in [4.69, 9.17) is 9.47 Å². The Morgan fingerprint density at radius 1 is 1.11 bits per heavy atom. The third kappa shape index (κ3) is 4.98. The molecule has 0 aliphatic rings. The Morgan fingerprint density at radius 2 is 1.89 bits per heavy atom. The Morgan fingerprint density at radius 3 is 2.61 bits per heavy atom. The molecular formula is C13H19F2NO2. The highest BCUT2D eigenvalue weighted by Gasteiger charge is 2.06. The molecule has 0 saturated heterocycles. The van der Waals surface area contributed by atoms with Gasteiger partial charge < -0.3 is 14.8 Å². The number of rotatable bonds is 8. The lowest BCUT2D eigenvalue weighted by molar-refractivity contribution is 0.0705. The third-order valence-corrected chi connectivity index (χ3v) is 2.46. The first-order chi connectivity index (χ1) is 8.65. The van der Waals surface area contributed by atoms with E-state index in [1.54, 1.807) is 7.11 Å². The van der Waals surface area contributed by atoms with Gasteiger partial charge in [-0.15, -0.1) is 0 Å². The molecule has 18 heavy (non-hydrogen) atoms. The van der Waals surface area contributed by atoms with E-state index in [2.05, 4.69) is 5.32 Å². The van der Waals surface area contributed by atoms with Crippen molar-refractivity contribution < 1.29 is 18.3 Å². The smallest absolute Gasteiger partial charge is 0.146 e. The first-order valence-corrected chi connectivity index (χ1v) is 5.91. The molecule has 0 saturated carbocycles. The zero-order chi connectivity index (χ0) is 13.4. The summed E-state index contributed by atoms with van der Waals surface area (Å²) in [7, 11) is 1.61. The summed E-state index contributed by atoms with van der Waals surface area (Å²) < 4.78 is 36.7. The fourth-order valence-corrected chi connectivity index (χ4v) is 1.42. The summed E-state index contributed by atoms with van der Waals surface area (Å²) in [5.41, 5.74) is 0.496. The molecule has 0 aliphatic carbocycles. The summed E-state index contributed by atoms with van der Waals surface area (Å²) >= 11 is 0. The molecule has 5 heteroatoms. The summed E-state index contributed by atoms with van der Waals surface area (Å²) in [5.74, 6) is -0.843. The molecule has 0 fully saturated rings. The Balaban J connectivity index is 2.25. The second kappa shape index (κ2) is 8.00. The maximum atomic E-state index is 13.4. The van der Waals surface area contributed by atoms with Gasteiger partial charge in [-0.25, -0.2) is 8.78 Å². The van der Waals surface area contributed by atoms with Crippen molar-refractivity contribution in [3.63, 3.8) is 0 Å². The molecule has 1 N–H and O–H groups in total. The summed E-state index contributed by atoms with van der Waals surface area (Å²) in [5, 5.41) is 2.85. The number of nitrogens with one attached hydrogen (secondary N) is 1. The van der Waals surface area contributed by atoms with Gasteiger partial charge in [0.25, 0.3) is 0 Å². The second-order valence-corrected chi connectivity index (χ2v) is 3.97. The fourth-order valence-electron chi connectivity index (χ4n) is 1.42. The predicted octanol–water partition coefficient (Wildman–Crippen LogP) is 2.74. The average molecular weight is 259 g/mol. The Labute approximate surface area is 106 Å². The molecule has 0 atom stereocenters. The molecule has 0 heterocycles. The lowest BCUT2D eigenvalue weighted by Gasteiger charge is -2.09. The molecule has 1 aromatic rings. The van der Waals surface area contributed by atoms with Gasteiger partial charge in [0, 0.05) is 26.3 Å². The van der Waals surface area contributed by atoms with E-state index in [0.717, 1.165) is 6.42 Å². The minimum absolute atomic E-state index is 0.190. The Bertz CT molecular complexity index is 372. The number of aryl methyl sites for hydroxylation is 1. The number of hydrogen-bond donors (Lipinski definition) is 1. The largest absolute Gasteiger partial charge is 0.383 e. The van der Waals surface area contributed by atoms with Crippen LogP contribution in [0, 0.1) is 18.6 Å². The number of ether oxygens (including phenoxy) is 2. The lowest BCUT2D eigenvalue weighted by Crippen LogP contribution is -2.09. The van der Waals surface area contributed by atoms with Crippen molar-refractivity contribution in [1.29, 1.82) is 0 Å². The Kier molecular flexibility index (Phi) is 6.60. The fraction of sp³-hybridized carbons (Fsp3) is 0.538.